The highest BCUT2D eigenvalue weighted by Crippen LogP contribution is 2.14. The van der Waals surface area contributed by atoms with Crippen LogP contribution in [0.5, 0.6) is 5.75 Å². The van der Waals surface area contributed by atoms with E-state index in [2.05, 4.69) is 53.5 Å². The topological polar surface area (TPSA) is 58.5 Å². The van der Waals surface area contributed by atoms with Crippen molar-refractivity contribution in [3.63, 3.8) is 0 Å². The van der Waals surface area contributed by atoms with Gasteiger partial charge in [0, 0.05) is 25.5 Å². The molecular formula is C21H31IN4O. The molecule has 27 heavy (non-hydrogen) atoms. The minimum atomic E-state index is 0. The Kier molecular flexibility index (Phi) is 10.8. The van der Waals surface area contributed by atoms with Crippen molar-refractivity contribution in [1.29, 1.82) is 0 Å². The van der Waals surface area contributed by atoms with Crippen molar-refractivity contribution >= 4 is 29.9 Å². The van der Waals surface area contributed by atoms with E-state index in [0.717, 1.165) is 31.2 Å². The Hall–Kier alpha value is -1.83. The van der Waals surface area contributed by atoms with Gasteiger partial charge in [0.2, 0.25) is 0 Å². The predicted octanol–water partition coefficient (Wildman–Crippen LogP) is 3.88. The summed E-state index contributed by atoms with van der Waals surface area (Å²) < 4.78 is 5.94. The van der Waals surface area contributed by atoms with Crippen molar-refractivity contribution in [2.24, 2.45) is 4.99 Å². The second-order valence-electron chi connectivity index (χ2n) is 6.44. The third-order valence-electron chi connectivity index (χ3n) is 4.00. The molecule has 0 saturated carbocycles. The normalized spacial score (nSPS) is 12.1. The number of guanidine groups is 1. The molecule has 0 radical (unpaired) electrons. The second kappa shape index (κ2) is 12.5. The van der Waals surface area contributed by atoms with Gasteiger partial charge in [0.15, 0.2) is 5.96 Å². The van der Waals surface area contributed by atoms with Gasteiger partial charge in [-0.2, -0.15) is 0 Å². The van der Waals surface area contributed by atoms with E-state index < -0.39 is 0 Å². The summed E-state index contributed by atoms with van der Waals surface area (Å²) in [7, 11) is 0. The number of nitrogens with zero attached hydrogens (tertiary/aromatic N) is 2. The van der Waals surface area contributed by atoms with Crippen molar-refractivity contribution in [1.82, 2.24) is 15.6 Å². The second-order valence-corrected chi connectivity index (χ2v) is 6.44. The monoisotopic (exact) mass is 482 g/mol. The van der Waals surface area contributed by atoms with E-state index in [1.165, 1.54) is 16.7 Å². The summed E-state index contributed by atoms with van der Waals surface area (Å²) in [5.41, 5.74) is 3.72. The Balaban J connectivity index is 0.00000364. The molecule has 1 aromatic carbocycles. The summed E-state index contributed by atoms with van der Waals surface area (Å²) >= 11 is 0. The molecule has 0 aliphatic carbocycles. The fraction of sp³-hybridized carbons (Fsp3) is 0.429. The lowest BCUT2D eigenvalue weighted by Gasteiger charge is -2.15. The largest absolute Gasteiger partial charge is 0.489 e. The number of rotatable bonds is 8. The molecule has 5 nitrogen and oxygen atoms in total. The van der Waals surface area contributed by atoms with Gasteiger partial charge in [-0.15, -0.1) is 24.0 Å². The van der Waals surface area contributed by atoms with Crippen LogP contribution in [0.1, 0.15) is 30.5 Å². The summed E-state index contributed by atoms with van der Waals surface area (Å²) in [4.78, 5) is 8.78. The third kappa shape index (κ3) is 8.60. The highest BCUT2D eigenvalue weighted by atomic mass is 127. The first-order valence-electron chi connectivity index (χ1n) is 9.23. The van der Waals surface area contributed by atoms with Gasteiger partial charge in [-0.05, 0) is 69.0 Å². The number of pyridine rings is 1. The molecule has 0 spiro atoms. The van der Waals surface area contributed by atoms with Crippen LogP contribution >= 0.6 is 24.0 Å². The van der Waals surface area contributed by atoms with Crippen LogP contribution < -0.4 is 15.4 Å². The van der Waals surface area contributed by atoms with Gasteiger partial charge in [0.1, 0.15) is 11.9 Å². The number of ether oxygens (including phenoxy) is 1. The molecule has 1 heterocycles. The van der Waals surface area contributed by atoms with Gasteiger partial charge in [0.05, 0.1) is 6.54 Å². The van der Waals surface area contributed by atoms with Crippen molar-refractivity contribution in [2.45, 2.75) is 40.2 Å². The number of aromatic nitrogens is 1. The average molecular weight is 482 g/mol. The molecule has 0 bridgehead atoms. The third-order valence-corrected chi connectivity index (χ3v) is 4.00. The van der Waals surface area contributed by atoms with Crippen molar-refractivity contribution < 1.29 is 4.74 Å². The molecule has 0 amide bonds. The molecule has 6 heteroatoms. The summed E-state index contributed by atoms with van der Waals surface area (Å²) in [6.45, 7) is 10.5. The van der Waals surface area contributed by atoms with Gasteiger partial charge in [0.25, 0.3) is 0 Å². The fourth-order valence-electron chi connectivity index (χ4n) is 2.62. The fourth-order valence-corrected chi connectivity index (χ4v) is 2.62. The van der Waals surface area contributed by atoms with Crippen molar-refractivity contribution in [3.8, 4) is 5.75 Å². The van der Waals surface area contributed by atoms with E-state index in [-0.39, 0.29) is 30.1 Å². The first-order valence-corrected chi connectivity index (χ1v) is 9.23. The van der Waals surface area contributed by atoms with E-state index >= 15 is 0 Å². The van der Waals surface area contributed by atoms with Gasteiger partial charge in [-0.3, -0.25) is 4.98 Å². The predicted molar refractivity (Wildman–Crippen MR) is 123 cm³/mol. The molecule has 0 saturated heterocycles. The standard InChI is InChI=1S/C21H30N4O.HI/c1-5-23-21(24-12-10-19-9-11-22-14-17(19)3)25-15-18(4)26-20-8-6-7-16(2)13-20;/h6-9,11,13-14,18H,5,10,12,15H2,1-4H3,(H2,23,24,25);1H. The van der Waals surface area contributed by atoms with Crippen LogP contribution in [-0.2, 0) is 6.42 Å². The first-order chi connectivity index (χ1) is 12.6. The van der Waals surface area contributed by atoms with Crippen LogP contribution in [-0.4, -0.2) is 36.7 Å². The first kappa shape index (κ1) is 23.2. The summed E-state index contributed by atoms with van der Waals surface area (Å²) in [5.74, 6) is 1.71. The molecule has 2 N–H and O–H groups in total. The van der Waals surface area contributed by atoms with E-state index in [1.54, 1.807) is 0 Å². The van der Waals surface area contributed by atoms with E-state index in [9.17, 15) is 0 Å². The number of nitrogens with one attached hydrogen (secondary N) is 2. The van der Waals surface area contributed by atoms with Crippen LogP contribution in [0.3, 0.4) is 0 Å². The quantitative estimate of drug-likeness (QED) is 0.341. The lowest BCUT2D eigenvalue weighted by Crippen LogP contribution is -2.39. The highest BCUT2D eigenvalue weighted by molar-refractivity contribution is 14.0. The summed E-state index contributed by atoms with van der Waals surface area (Å²) in [6.07, 6.45) is 4.69. The number of aliphatic imine (C=N–C) groups is 1. The molecule has 2 rings (SSSR count). The Morgan fingerprint density at radius 1 is 1.22 bits per heavy atom. The zero-order valence-corrected chi connectivity index (χ0v) is 19.0. The number of halogens is 1. The van der Waals surface area contributed by atoms with Crippen LogP contribution in [0.2, 0.25) is 0 Å². The van der Waals surface area contributed by atoms with Gasteiger partial charge in [-0.1, -0.05) is 12.1 Å². The molecular weight excluding hydrogens is 451 g/mol. The minimum absolute atomic E-state index is 0. The maximum atomic E-state index is 5.94. The number of hydrogen-bond acceptors (Lipinski definition) is 3. The van der Waals surface area contributed by atoms with E-state index in [0.29, 0.717) is 6.54 Å². The Labute approximate surface area is 180 Å². The van der Waals surface area contributed by atoms with Gasteiger partial charge in [-0.25, -0.2) is 4.99 Å². The molecule has 0 fully saturated rings. The Morgan fingerprint density at radius 3 is 2.74 bits per heavy atom. The van der Waals surface area contributed by atoms with Crippen LogP contribution in [0.15, 0.2) is 47.7 Å². The van der Waals surface area contributed by atoms with Crippen molar-refractivity contribution in [3.05, 3.63) is 59.4 Å². The summed E-state index contributed by atoms with van der Waals surface area (Å²) in [5, 5.41) is 6.67. The Morgan fingerprint density at radius 2 is 2.04 bits per heavy atom. The number of aryl methyl sites for hydroxylation is 2. The average Bonchev–Trinajstić information content (AvgIpc) is 2.61. The molecule has 148 valence electrons. The van der Waals surface area contributed by atoms with Crippen molar-refractivity contribution in [2.75, 3.05) is 19.6 Å². The molecule has 1 atom stereocenters. The lowest BCUT2D eigenvalue weighted by molar-refractivity contribution is 0.230. The van der Waals surface area contributed by atoms with Gasteiger partial charge < -0.3 is 15.4 Å². The number of benzene rings is 1. The SMILES string of the molecule is CCNC(=NCC(C)Oc1cccc(C)c1)NCCc1ccncc1C.I. The zero-order valence-electron chi connectivity index (χ0n) is 16.7. The smallest absolute Gasteiger partial charge is 0.191 e. The van der Waals surface area contributed by atoms with E-state index in [4.69, 9.17) is 4.74 Å². The number of hydrogen-bond donors (Lipinski definition) is 2. The molecule has 1 aromatic heterocycles. The summed E-state index contributed by atoms with van der Waals surface area (Å²) in [6, 6.07) is 10.2. The minimum Gasteiger partial charge on any atom is -0.489 e. The molecule has 2 aromatic rings. The molecule has 0 aliphatic heterocycles. The maximum absolute atomic E-state index is 5.94. The van der Waals surface area contributed by atoms with Crippen LogP contribution in [0.4, 0.5) is 0 Å². The maximum Gasteiger partial charge on any atom is 0.191 e. The van der Waals surface area contributed by atoms with Gasteiger partial charge >= 0.3 is 0 Å². The molecule has 0 aliphatic rings. The lowest BCUT2D eigenvalue weighted by atomic mass is 10.1. The molecule has 1 unspecified atom stereocenters. The van der Waals surface area contributed by atoms with Crippen LogP contribution in [0.25, 0.3) is 0 Å². The zero-order chi connectivity index (χ0) is 18.8. The Bertz CT molecular complexity index is 721. The highest BCUT2D eigenvalue weighted by Gasteiger charge is 2.05. The van der Waals surface area contributed by atoms with Crippen LogP contribution in [0, 0.1) is 13.8 Å². The van der Waals surface area contributed by atoms with E-state index in [1.807, 2.05) is 37.5 Å².